The first kappa shape index (κ1) is 18.5. The van der Waals surface area contributed by atoms with Crippen molar-refractivity contribution < 1.29 is 13.9 Å². The number of benzene rings is 1. The van der Waals surface area contributed by atoms with Gasteiger partial charge in [0.15, 0.2) is 5.82 Å². The van der Waals surface area contributed by atoms with E-state index in [1.165, 1.54) is 28.2 Å². The van der Waals surface area contributed by atoms with Crippen LogP contribution >= 0.6 is 0 Å². The minimum atomic E-state index is -0.542. The number of carbonyl (C=O) groups excluding carboxylic acids is 1. The minimum absolute atomic E-state index is 0.268. The Morgan fingerprint density at radius 1 is 1.38 bits per heavy atom. The number of cyclic esters (lactones) is 1. The predicted molar refractivity (Wildman–Crippen MR) is 102 cm³/mol. The van der Waals surface area contributed by atoms with E-state index in [2.05, 4.69) is 25.5 Å². The second kappa shape index (κ2) is 7.62. The van der Waals surface area contributed by atoms with Crippen LogP contribution in [0.25, 0.3) is 16.9 Å². The van der Waals surface area contributed by atoms with E-state index in [9.17, 15) is 9.18 Å². The standard InChI is InChI=1S/C18H17FN8O2/c1-11(20)21-8-14-9-26(18(28)29-14)13-3-4-15(16(19)6-13)12-2-5-17(22-7-12)27-10-23-24-25-27/h2-7,10,14H,8-9H2,1H3,(H2,20,21)/t14-/m0/s1. The molecule has 10 nitrogen and oxygen atoms in total. The molecule has 1 aliphatic rings. The molecule has 3 heterocycles. The Kier molecular flexibility index (Phi) is 4.85. The lowest BCUT2D eigenvalue weighted by molar-refractivity contribution is 0.145. The molecule has 1 amide bonds. The van der Waals surface area contributed by atoms with Crippen molar-refractivity contribution in [2.24, 2.45) is 10.7 Å². The summed E-state index contributed by atoms with van der Waals surface area (Å²) in [6.07, 6.45) is 1.98. The lowest BCUT2D eigenvalue weighted by Crippen LogP contribution is -2.25. The Hall–Kier alpha value is -3.89. The molecule has 0 spiro atoms. The first-order valence-corrected chi connectivity index (χ1v) is 8.75. The van der Waals surface area contributed by atoms with Gasteiger partial charge in [-0.1, -0.05) is 0 Å². The molecule has 1 aliphatic heterocycles. The number of rotatable bonds is 5. The number of ether oxygens (including phenoxy) is 1. The maximum atomic E-state index is 14.8. The SMILES string of the molecule is CC(N)=NC[C@H]1CN(c2ccc(-c3ccc(-n4cnnn4)nc3)c(F)c2)C(=O)O1. The van der Waals surface area contributed by atoms with Gasteiger partial charge in [-0.25, -0.2) is 14.2 Å². The Bertz CT molecular complexity index is 1050. The van der Waals surface area contributed by atoms with Gasteiger partial charge in [-0.2, -0.15) is 4.68 Å². The predicted octanol–water partition coefficient (Wildman–Crippen LogP) is 1.57. The molecule has 0 unspecified atom stereocenters. The number of aromatic nitrogens is 5. The van der Waals surface area contributed by atoms with E-state index in [-0.39, 0.29) is 13.1 Å². The molecule has 148 valence electrons. The van der Waals surface area contributed by atoms with Crippen molar-refractivity contribution >= 4 is 17.6 Å². The zero-order valence-electron chi connectivity index (χ0n) is 15.4. The van der Waals surface area contributed by atoms with Crippen molar-refractivity contribution in [3.8, 4) is 16.9 Å². The van der Waals surface area contributed by atoms with Gasteiger partial charge < -0.3 is 10.5 Å². The van der Waals surface area contributed by atoms with E-state index >= 15 is 0 Å². The van der Waals surface area contributed by atoms with Crippen LogP contribution in [-0.2, 0) is 4.74 Å². The van der Waals surface area contributed by atoms with Gasteiger partial charge in [-0.05, 0) is 47.7 Å². The molecule has 0 bridgehead atoms. The van der Waals surface area contributed by atoms with Crippen LogP contribution in [0.2, 0.25) is 0 Å². The highest BCUT2D eigenvalue weighted by atomic mass is 19.1. The van der Waals surface area contributed by atoms with Gasteiger partial charge in [0.1, 0.15) is 18.2 Å². The molecule has 0 aliphatic carbocycles. The van der Waals surface area contributed by atoms with Gasteiger partial charge in [-0.3, -0.25) is 9.89 Å². The molecule has 1 atom stereocenters. The summed E-state index contributed by atoms with van der Waals surface area (Å²) in [7, 11) is 0. The fourth-order valence-electron chi connectivity index (χ4n) is 2.93. The summed E-state index contributed by atoms with van der Waals surface area (Å²) in [5.74, 6) is 0.443. The first-order valence-electron chi connectivity index (χ1n) is 8.75. The third kappa shape index (κ3) is 3.88. The van der Waals surface area contributed by atoms with E-state index in [0.29, 0.717) is 28.5 Å². The lowest BCUT2D eigenvalue weighted by atomic mass is 10.1. The van der Waals surface area contributed by atoms with Crippen molar-refractivity contribution in [1.29, 1.82) is 0 Å². The summed E-state index contributed by atoms with van der Waals surface area (Å²) < 4.78 is 21.4. The number of tetrazole rings is 1. The fraction of sp³-hybridized carbons (Fsp3) is 0.222. The molecule has 1 aromatic carbocycles. The topological polar surface area (TPSA) is 124 Å². The number of nitrogens with two attached hydrogens (primary N) is 1. The zero-order valence-corrected chi connectivity index (χ0v) is 15.4. The number of hydrogen-bond acceptors (Lipinski definition) is 7. The lowest BCUT2D eigenvalue weighted by Gasteiger charge is -2.14. The highest BCUT2D eigenvalue weighted by Gasteiger charge is 2.32. The van der Waals surface area contributed by atoms with Crippen LogP contribution < -0.4 is 10.6 Å². The van der Waals surface area contributed by atoms with Crippen molar-refractivity contribution in [1.82, 2.24) is 25.2 Å². The maximum Gasteiger partial charge on any atom is 0.414 e. The molecule has 1 saturated heterocycles. The van der Waals surface area contributed by atoms with Crippen LogP contribution in [0, 0.1) is 5.82 Å². The molecule has 11 heteroatoms. The maximum absolute atomic E-state index is 14.8. The van der Waals surface area contributed by atoms with Gasteiger partial charge in [0.25, 0.3) is 0 Å². The summed E-state index contributed by atoms with van der Waals surface area (Å²) in [6, 6.07) is 7.96. The Balaban J connectivity index is 1.52. The number of carbonyl (C=O) groups is 1. The molecule has 4 rings (SSSR count). The third-order valence-corrected chi connectivity index (χ3v) is 4.33. The molecule has 0 radical (unpaired) electrons. The molecule has 1 fully saturated rings. The van der Waals surface area contributed by atoms with Gasteiger partial charge in [0.2, 0.25) is 0 Å². The average Bonchev–Trinajstić information content (AvgIpc) is 3.36. The molecule has 0 saturated carbocycles. The van der Waals surface area contributed by atoms with Crippen molar-refractivity contribution in [3.63, 3.8) is 0 Å². The van der Waals surface area contributed by atoms with Crippen LogP contribution in [0.1, 0.15) is 6.92 Å². The van der Waals surface area contributed by atoms with Crippen LogP contribution in [0.5, 0.6) is 0 Å². The molecular weight excluding hydrogens is 379 g/mol. The first-order chi connectivity index (χ1) is 14.0. The number of amides is 1. The van der Waals surface area contributed by atoms with Crippen molar-refractivity contribution in [2.75, 3.05) is 18.0 Å². The van der Waals surface area contributed by atoms with Gasteiger partial charge >= 0.3 is 6.09 Å². The third-order valence-electron chi connectivity index (χ3n) is 4.33. The molecule has 2 N–H and O–H groups in total. The summed E-state index contributed by atoms with van der Waals surface area (Å²) >= 11 is 0. The van der Waals surface area contributed by atoms with E-state index in [4.69, 9.17) is 10.5 Å². The number of nitrogens with zero attached hydrogens (tertiary/aromatic N) is 7. The van der Waals surface area contributed by atoms with Crippen LogP contribution in [0.4, 0.5) is 14.9 Å². The van der Waals surface area contributed by atoms with Gasteiger partial charge in [0.05, 0.1) is 24.6 Å². The average molecular weight is 396 g/mol. The molecular formula is C18H17FN8O2. The second-order valence-electron chi connectivity index (χ2n) is 6.42. The normalized spacial score (nSPS) is 16.9. The van der Waals surface area contributed by atoms with Crippen LogP contribution in [0.3, 0.4) is 0 Å². The van der Waals surface area contributed by atoms with Crippen molar-refractivity contribution in [2.45, 2.75) is 13.0 Å². The zero-order chi connectivity index (χ0) is 20.4. The number of anilines is 1. The van der Waals surface area contributed by atoms with Crippen molar-refractivity contribution in [3.05, 3.63) is 48.7 Å². The molecule has 3 aromatic rings. The Morgan fingerprint density at radius 3 is 2.90 bits per heavy atom. The number of aliphatic imine (C=N–C) groups is 1. The highest BCUT2D eigenvalue weighted by Crippen LogP contribution is 2.29. The highest BCUT2D eigenvalue weighted by molar-refractivity contribution is 5.90. The number of hydrogen-bond donors (Lipinski definition) is 1. The summed E-state index contributed by atoms with van der Waals surface area (Å²) in [4.78, 5) is 21.8. The summed E-state index contributed by atoms with van der Waals surface area (Å²) in [6.45, 7) is 2.20. The Labute approximate surface area is 164 Å². The second-order valence-corrected chi connectivity index (χ2v) is 6.42. The van der Waals surface area contributed by atoms with E-state index in [1.807, 2.05) is 0 Å². The molecule has 29 heavy (non-hydrogen) atoms. The Morgan fingerprint density at radius 2 is 2.24 bits per heavy atom. The smallest absolute Gasteiger partial charge is 0.414 e. The number of pyridine rings is 1. The summed E-state index contributed by atoms with van der Waals surface area (Å²) in [5, 5.41) is 10.9. The minimum Gasteiger partial charge on any atom is -0.442 e. The summed E-state index contributed by atoms with van der Waals surface area (Å²) in [5.41, 5.74) is 6.86. The van der Waals surface area contributed by atoms with E-state index in [0.717, 1.165) is 0 Å². The number of amidine groups is 1. The van der Waals surface area contributed by atoms with Gasteiger partial charge in [-0.15, -0.1) is 5.10 Å². The fourth-order valence-corrected chi connectivity index (χ4v) is 2.93. The number of halogens is 1. The molecule has 2 aromatic heterocycles. The van der Waals surface area contributed by atoms with Crippen LogP contribution in [-0.4, -0.2) is 56.3 Å². The largest absolute Gasteiger partial charge is 0.442 e. The van der Waals surface area contributed by atoms with Gasteiger partial charge in [0, 0.05) is 17.3 Å². The van der Waals surface area contributed by atoms with Crippen LogP contribution in [0.15, 0.2) is 47.8 Å². The monoisotopic (exact) mass is 396 g/mol. The quantitative estimate of drug-likeness (QED) is 0.513. The van der Waals surface area contributed by atoms with E-state index in [1.54, 1.807) is 31.2 Å². The van der Waals surface area contributed by atoms with E-state index < -0.39 is 18.0 Å².